The summed E-state index contributed by atoms with van der Waals surface area (Å²) in [5.74, 6) is 0.620. The van der Waals surface area contributed by atoms with Crippen molar-refractivity contribution in [2.45, 2.75) is 24.8 Å². The molecule has 0 aromatic carbocycles. The van der Waals surface area contributed by atoms with Gasteiger partial charge in [0.15, 0.2) is 7.85 Å². The minimum absolute atomic E-state index is 0.0354. The highest BCUT2D eigenvalue weighted by Crippen LogP contribution is 2.44. The van der Waals surface area contributed by atoms with E-state index < -0.39 is 5.54 Å². The smallest absolute Gasteiger partial charge is 0.264 e. The molecule has 1 aromatic rings. The van der Waals surface area contributed by atoms with Gasteiger partial charge in [-0.2, -0.15) is 0 Å². The molecule has 5 nitrogen and oxygen atoms in total. The Hall–Kier alpha value is -1.50. The standard InChI is InChI=1S/C12H13BN2O3S/c13-9-7-6-8(19-9)10(16)14-12(2-1-3-12)11(17)15(6)4-5-18-7/h1-5,13H2,(H,14,16). The second-order valence-corrected chi connectivity index (χ2v) is 6.58. The number of nitrogens with zero attached hydrogens (tertiary/aromatic N) is 1. The Balaban J connectivity index is 1.92. The molecule has 0 saturated heterocycles. The van der Waals surface area contributed by atoms with Crippen LogP contribution in [-0.2, 0) is 4.79 Å². The summed E-state index contributed by atoms with van der Waals surface area (Å²) in [7, 11) is 1.93. The van der Waals surface area contributed by atoms with Crippen molar-refractivity contribution in [1.29, 1.82) is 0 Å². The average molecular weight is 276 g/mol. The van der Waals surface area contributed by atoms with Crippen molar-refractivity contribution in [3.05, 3.63) is 4.88 Å². The lowest BCUT2D eigenvalue weighted by atomic mass is 9.75. The van der Waals surface area contributed by atoms with E-state index in [-0.39, 0.29) is 11.8 Å². The molecule has 0 bridgehead atoms. The van der Waals surface area contributed by atoms with Gasteiger partial charge < -0.3 is 15.0 Å². The Morgan fingerprint density at radius 1 is 1.37 bits per heavy atom. The zero-order chi connectivity index (χ0) is 13.2. The van der Waals surface area contributed by atoms with Gasteiger partial charge in [0.2, 0.25) is 0 Å². The molecule has 98 valence electrons. The van der Waals surface area contributed by atoms with Gasteiger partial charge in [-0.3, -0.25) is 9.59 Å². The average Bonchev–Trinajstić information content (AvgIpc) is 2.66. The first kappa shape index (κ1) is 11.3. The first-order chi connectivity index (χ1) is 9.12. The largest absolute Gasteiger partial charge is 0.489 e. The molecule has 1 spiro atoms. The highest BCUT2D eigenvalue weighted by atomic mass is 32.1. The molecule has 1 aliphatic carbocycles. The first-order valence-corrected chi connectivity index (χ1v) is 7.35. The van der Waals surface area contributed by atoms with Crippen LogP contribution >= 0.6 is 11.3 Å². The highest BCUT2D eigenvalue weighted by Gasteiger charge is 2.52. The van der Waals surface area contributed by atoms with Crippen molar-refractivity contribution in [3.63, 3.8) is 0 Å². The lowest BCUT2D eigenvalue weighted by molar-refractivity contribution is -0.128. The van der Waals surface area contributed by atoms with Gasteiger partial charge in [-0.15, -0.1) is 11.3 Å². The molecule has 1 fully saturated rings. The van der Waals surface area contributed by atoms with E-state index in [1.807, 2.05) is 7.85 Å². The molecule has 1 aromatic heterocycles. The number of anilines is 1. The van der Waals surface area contributed by atoms with E-state index in [2.05, 4.69) is 5.32 Å². The van der Waals surface area contributed by atoms with Gasteiger partial charge >= 0.3 is 0 Å². The Kier molecular flexibility index (Phi) is 2.11. The van der Waals surface area contributed by atoms with Crippen molar-refractivity contribution < 1.29 is 14.3 Å². The molecule has 19 heavy (non-hydrogen) atoms. The minimum Gasteiger partial charge on any atom is -0.489 e. The number of hydrogen-bond acceptors (Lipinski definition) is 4. The van der Waals surface area contributed by atoms with Crippen LogP contribution in [0.15, 0.2) is 0 Å². The van der Waals surface area contributed by atoms with Crippen LogP contribution in [0.4, 0.5) is 5.69 Å². The number of carbonyl (C=O) groups excluding carboxylic acids is 2. The molecule has 2 aliphatic heterocycles. The Morgan fingerprint density at radius 2 is 2.16 bits per heavy atom. The molecule has 3 heterocycles. The van der Waals surface area contributed by atoms with Gasteiger partial charge in [-0.25, -0.2) is 0 Å². The van der Waals surface area contributed by atoms with Crippen LogP contribution in [-0.4, -0.2) is 38.4 Å². The van der Waals surface area contributed by atoms with Crippen LogP contribution in [0.2, 0.25) is 0 Å². The fourth-order valence-corrected chi connectivity index (χ4v) is 4.09. The van der Waals surface area contributed by atoms with E-state index in [1.54, 1.807) is 4.90 Å². The van der Waals surface area contributed by atoms with Gasteiger partial charge in [0.25, 0.3) is 11.8 Å². The topological polar surface area (TPSA) is 58.6 Å². The van der Waals surface area contributed by atoms with Crippen LogP contribution in [0.25, 0.3) is 0 Å². The number of hydrogen-bond donors (Lipinski definition) is 1. The molecule has 1 N–H and O–H groups in total. The van der Waals surface area contributed by atoms with Crippen molar-refractivity contribution in [1.82, 2.24) is 5.32 Å². The normalized spacial score (nSPS) is 23.3. The fraction of sp³-hybridized carbons (Fsp3) is 0.500. The SMILES string of the molecule is Bc1sc2c3c1OCCN3C(=O)C1(CCC1)NC2=O. The third kappa shape index (κ3) is 1.31. The molecule has 3 aliphatic rings. The number of thiophene rings is 1. The maximum absolute atomic E-state index is 12.7. The fourth-order valence-electron chi connectivity index (χ4n) is 3.10. The monoisotopic (exact) mass is 276 g/mol. The molecule has 1 saturated carbocycles. The molecule has 0 unspecified atom stereocenters. The van der Waals surface area contributed by atoms with Crippen molar-refractivity contribution in [2.75, 3.05) is 18.1 Å². The van der Waals surface area contributed by atoms with Crippen LogP contribution in [0.1, 0.15) is 28.9 Å². The third-order valence-corrected chi connectivity index (χ3v) is 5.33. The highest BCUT2D eigenvalue weighted by molar-refractivity contribution is 7.23. The summed E-state index contributed by atoms with van der Waals surface area (Å²) in [4.78, 5) is 27.5. The van der Waals surface area contributed by atoms with Crippen LogP contribution in [0.3, 0.4) is 0 Å². The Labute approximate surface area is 115 Å². The molecule has 2 amide bonds. The van der Waals surface area contributed by atoms with E-state index in [0.29, 0.717) is 29.5 Å². The summed E-state index contributed by atoms with van der Waals surface area (Å²) in [6.07, 6.45) is 2.49. The zero-order valence-corrected chi connectivity index (χ0v) is 11.4. The summed E-state index contributed by atoms with van der Waals surface area (Å²) in [6, 6.07) is 0. The van der Waals surface area contributed by atoms with Crippen LogP contribution < -0.4 is 19.7 Å². The number of rotatable bonds is 0. The minimum atomic E-state index is -0.654. The van der Waals surface area contributed by atoms with E-state index >= 15 is 0 Å². The quantitative estimate of drug-likeness (QED) is 0.644. The number of nitrogens with one attached hydrogen (secondary N) is 1. The number of ether oxygens (including phenoxy) is 1. The van der Waals surface area contributed by atoms with Crippen molar-refractivity contribution in [2.24, 2.45) is 0 Å². The lowest BCUT2D eigenvalue weighted by Crippen LogP contribution is -2.62. The van der Waals surface area contributed by atoms with Crippen LogP contribution in [0, 0.1) is 0 Å². The van der Waals surface area contributed by atoms with Crippen molar-refractivity contribution in [3.8, 4) is 5.75 Å². The summed E-state index contributed by atoms with van der Waals surface area (Å²) in [5, 5.41) is 2.96. The first-order valence-electron chi connectivity index (χ1n) is 6.53. The van der Waals surface area contributed by atoms with E-state index in [9.17, 15) is 9.59 Å². The van der Waals surface area contributed by atoms with Crippen molar-refractivity contribution >= 4 is 41.5 Å². The maximum Gasteiger partial charge on any atom is 0.264 e. The lowest BCUT2D eigenvalue weighted by Gasteiger charge is -2.42. The van der Waals surface area contributed by atoms with Gasteiger partial charge in [0.05, 0.1) is 6.54 Å². The second-order valence-electron chi connectivity index (χ2n) is 5.36. The van der Waals surface area contributed by atoms with E-state index in [4.69, 9.17) is 4.74 Å². The molecular weight excluding hydrogens is 263 g/mol. The summed E-state index contributed by atoms with van der Waals surface area (Å²) in [6.45, 7) is 1.03. The molecular formula is C12H13BN2O3S. The molecule has 0 atom stereocenters. The summed E-state index contributed by atoms with van der Waals surface area (Å²) < 4.78 is 6.61. The third-order valence-electron chi connectivity index (χ3n) is 4.26. The Morgan fingerprint density at radius 3 is 2.84 bits per heavy atom. The molecule has 7 heteroatoms. The van der Waals surface area contributed by atoms with E-state index in [0.717, 1.165) is 24.0 Å². The predicted octanol–water partition coefficient (Wildman–Crippen LogP) is -0.602. The zero-order valence-electron chi connectivity index (χ0n) is 10.6. The second kappa shape index (κ2) is 3.53. The van der Waals surface area contributed by atoms with Gasteiger partial charge in [-0.05, 0) is 19.3 Å². The van der Waals surface area contributed by atoms with E-state index in [1.165, 1.54) is 11.3 Å². The molecule has 4 rings (SSSR count). The maximum atomic E-state index is 12.7. The molecule has 0 radical (unpaired) electrons. The van der Waals surface area contributed by atoms with Gasteiger partial charge in [0.1, 0.15) is 28.5 Å². The Bertz CT molecular complexity index is 608. The van der Waals surface area contributed by atoms with Crippen LogP contribution in [0.5, 0.6) is 5.75 Å². The number of carbonyl (C=O) groups is 2. The van der Waals surface area contributed by atoms with Gasteiger partial charge in [-0.1, -0.05) is 0 Å². The number of amides is 2. The summed E-state index contributed by atoms with van der Waals surface area (Å²) in [5.41, 5.74) is 0.0400. The predicted molar refractivity (Wildman–Crippen MR) is 74.4 cm³/mol. The van der Waals surface area contributed by atoms with Gasteiger partial charge in [0, 0.05) is 4.78 Å². The summed E-state index contributed by atoms with van der Waals surface area (Å²) >= 11 is 1.41.